The lowest BCUT2D eigenvalue weighted by atomic mass is 10.00. The average Bonchev–Trinajstić information content (AvgIpc) is 2.55. The summed E-state index contributed by atoms with van der Waals surface area (Å²) in [5.41, 5.74) is 0.829. The Morgan fingerprint density at radius 2 is 1.59 bits per heavy atom. The lowest BCUT2D eigenvalue weighted by molar-refractivity contribution is 0.0698. The van der Waals surface area contributed by atoms with Crippen LogP contribution >= 0.6 is 0 Å². The highest BCUT2D eigenvalue weighted by Gasteiger charge is 2.16. The summed E-state index contributed by atoms with van der Waals surface area (Å²) in [6.45, 7) is 0. The quantitative estimate of drug-likeness (QED) is 0.796. The van der Waals surface area contributed by atoms with Gasteiger partial charge in [0.15, 0.2) is 0 Å². The molecule has 22 heavy (non-hydrogen) atoms. The molecule has 3 aromatic rings. The Hall–Kier alpha value is -2.46. The van der Waals surface area contributed by atoms with Gasteiger partial charge in [0.2, 0.25) is 0 Å². The van der Waals surface area contributed by atoms with Gasteiger partial charge in [0.1, 0.15) is 0 Å². The summed E-state index contributed by atoms with van der Waals surface area (Å²) in [4.78, 5) is 12.4. The second-order valence-corrected chi connectivity index (χ2v) is 6.38. The molecule has 0 amide bonds. The largest absolute Gasteiger partial charge is 0.478 e. The van der Waals surface area contributed by atoms with Gasteiger partial charge in [-0.25, -0.2) is 4.79 Å². The van der Waals surface area contributed by atoms with E-state index in [1.165, 1.54) is 0 Å². The summed E-state index contributed by atoms with van der Waals surface area (Å²) in [5, 5.41) is 11.1. The second-order valence-electron chi connectivity index (χ2n) is 4.93. The van der Waals surface area contributed by atoms with Crippen molar-refractivity contribution >= 4 is 27.5 Å². The summed E-state index contributed by atoms with van der Waals surface area (Å²) in [6.07, 6.45) is 0. The molecule has 0 bridgehead atoms. The first kappa shape index (κ1) is 14.5. The smallest absolute Gasteiger partial charge is 0.336 e. The zero-order chi connectivity index (χ0) is 15.5. The zero-order valence-corrected chi connectivity index (χ0v) is 12.5. The SMILES string of the molecule is O=C(O)c1c(CS(=O)c2ccccc2)ccc2ccccc12. The van der Waals surface area contributed by atoms with E-state index in [2.05, 4.69) is 0 Å². The molecule has 0 aliphatic heterocycles. The molecule has 1 atom stereocenters. The number of hydrogen-bond acceptors (Lipinski definition) is 2. The maximum atomic E-state index is 12.4. The number of benzene rings is 3. The van der Waals surface area contributed by atoms with Crippen molar-refractivity contribution in [1.29, 1.82) is 0 Å². The van der Waals surface area contributed by atoms with Crippen molar-refractivity contribution in [3.8, 4) is 0 Å². The third-order valence-electron chi connectivity index (χ3n) is 3.52. The van der Waals surface area contributed by atoms with Gasteiger partial charge in [-0.15, -0.1) is 0 Å². The van der Waals surface area contributed by atoms with E-state index in [-0.39, 0.29) is 11.3 Å². The van der Waals surface area contributed by atoms with Gasteiger partial charge >= 0.3 is 5.97 Å². The maximum Gasteiger partial charge on any atom is 0.336 e. The van der Waals surface area contributed by atoms with Gasteiger partial charge in [0.25, 0.3) is 0 Å². The zero-order valence-electron chi connectivity index (χ0n) is 11.7. The van der Waals surface area contributed by atoms with E-state index in [1.807, 2.05) is 42.5 Å². The molecule has 0 heterocycles. The fourth-order valence-electron chi connectivity index (χ4n) is 2.49. The van der Waals surface area contributed by atoms with Gasteiger partial charge in [0.05, 0.1) is 22.1 Å². The monoisotopic (exact) mass is 310 g/mol. The summed E-state index contributed by atoms with van der Waals surface area (Å²) in [5.74, 6) is -0.798. The van der Waals surface area contributed by atoms with Crippen LogP contribution in [0.1, 0.15) is 15.9 Å². The molecule has 3 nitrogen and oxygen atoms in total. The highest BCUT2D eigenvalue weighted by atomic mass is 32.2. The lowest BCUT2D eigenvalue weighted by Gasteiger charge is -2.10. The van der Waals surface area contributed by atoms with Crippen molar-refractivity contribution in [3.63, 3.8) is 0 Å². The maximum absolute atomic E-state index is 12.4. The molecule has 3 aromatic carbocycles. The molecule has 0 saturated carbocycles. The molecule has 0 aromatic heterocycles. The Kier molecular flexibility index (Phi) is 4.02. The minimum atomic E-state index is -1.27. The van der Waals surface area contributed by atoms with E-state index >= 15 is 0 Å². The van der Waals surface area contributed by atoms with E-state index < -0.39 is 16.8 Å². The molecule has 3 rings (SSSR count). The van der Waals surface area contributed by atoms with E-state index in [4.69, 9.17) is 0 Å². The minimum absolute atomic E-state index is 0.191. The van der Waals surface area contributed by atoms with Gasteiger partial charge in [-0.1, -0.05) is 54.6 Å². The van der Waals surface area contributed by atoms with Crippen molar-refractivity contribution in [3.05, 3.63) is 77.9 Å². The molecular formula is C18H14O3S. The molecule has 110 valence electrons. The highest BCUT2D eigenvalue weighted by molar-refractivity contribution is 7.84. The summed E-state index contributed by atoms with van der Waals surface area (Å²) >= 11 is 0. The molecule has 0 spiro atoms. The number of carboxylic acids is 1. The number of aromatic carboxylic acids is 1. The summed E-state index contributed by atoms with van der Waals surface area (Å²) in [7, 11) is -1.27. The first-order valence-electron chi connectivity index (χ1n) is 6.84. The molecule has 4 heteroatoms. The van der Waals surface area contributed by atoms with Crippen LogP contribution in [0.2, 0.25) is 0 Å². The van der Waals surface area contributed by atoms with Crippen LogP contribution in [0, 0.1) is 0 Å². The third-order valence-corrected chi connectivity index (χ3v) is 4.89. The summed E-state index contributed by atoms with van der Waals surface area (Å²) < 4.78 is 12.4. The van der Waals surface area contributed by atoms with Crippen molar-refractivity contribution < 1.29 is 14.1 Å². The lowest BCUT2D eigenvalue weighted by Crippen LogP contribution is -2.06. The minimum Gasteiger partial charge on any atom is -0.478 e. The third kappa shape index (κ3) is 2.78. The Labute approximate surface area is 130 Å². The topological polar surface area (TPSA) is 54.4 Å². The van der Waals surface area contributed by atoms with Crippen molar-refractivity contribution in [2.75, 3.05) is 0 Å². The van der Waals surface area contributed by atoms with Gasteiger partial charge in [-0.05, 0) is 28.5 Å². The van der Waals surface area contributed by atoms with Crippen LogP contribution in [-0.2, 0) is 16.6 Å². The molecular weight excluding hydrogens is 296 g/mol. The Bertz CT molecular complexity index is 857. The number of carboxylic acid groups (broad SMARTS) is 1. The van der Waals surface area contributed by atoms with E-state index in [0.717, 1.165) is 5.39 Å². The molecule has 0 saturated heterocycles. The second kappa shape index (κ2) is 6.12. The van der Waals surface area contributed by atoms with Crippen LogP contribution < -0.4 is 0 Å². The van der Waals surface area contributed by atoms with Gasteiger partial charge < -0.3 is 5.11 Å². The Balaban J connectivity index is 2.06. The van der Waals surface area contributed by atoms with Crippen LogP contribution in [0.4, 0.5) is 0 Å². The van der Waals surface area contributed by atoms with Crippen LogP contribution in [0.5, 0.6) is 0 Å². The number of rotatable bonds is 4. The molecule has 0 radical (unpaired) electrons. The molecule has 1 N–H and O–H groups in total. The van der Waals surface area contributed by atoms with Gasteiger partial charge in [0, 0.05) is 4.90 Å². The standard InChI is InChI=1S/C18H14O3S/c19-18(20)17-14(11-10-13-6-4-5-9-16(13)17)12-22(21)15-7-2-1-3-8-15/h1-11H,12H2,(H,19,20). The van der Waals surface area contributed by atoms with Gasteiger partial charge in [-0.3, -0.25) is 4.21 Å². The normalized spacial score (nSPS) is 12.2. The molecule has 0 aliphatic carbocycles. The average molecular weight is 310 g/mol. The van der Waals surface area contributed by atoms with Crippen LogP contribution in [0.3, 0.4) is 0 Å². The predicted molar refractivity (Wildman–Crippen MR) is 87.5 cm³/mol. The number of fused-ring (bicyclic) bond motifs is 1. The van der Waals surface area contributed by atoms with Crippen molar-refractivity contribution in [2.45, 2.75) is 10.6 Å². The van der Waals surface area contributed by atoms with E-state index in [1.54, 1.807) is 24.3 Å². The molecule has 1 unspecified atom stereocenters. The van der Waals surface area contributed by atoms with E-state index in [0.29, 0.717) is 15.8 Å². The molecule has 0 fully saturated rings. The highest BCUT2D eigenvalue weighted by Crippen LogP contribution is 2.25. The molecule has 0 aliphatic rings. The van der Waals surface area contributed by atoms with E-state index in [9.17, 15) is 14.1 Å². The Morgan fingerprint density at radius 1 is 0.909 bits per heavy atom. The van der Waals surface area contributed by atoms with Crippen LogP contribution in [-0.4, -0.2) is 15.3 Å². The van der Waals surface area contributed by atoms with Crippen LogP contribution in [0.25, 0.3) is 10.8 Å². The van der Waals surface area contributed by atoms with Crippen molar-refractivity contribution in [2.24, 2.45) is 0 Å². The number of carbonyl (C=O) groups is 1. The predicted octanol–water partition coefficient (Wildman–Crippen LogP) is 3.85. The van der Waals surface area contributed by atoms with Crippen molar-refractivity contribution in [1.82, 2.24) is 0 Å². The number of hydrogen-bond donors (Lipinski definition) is 1. The first-order chi connectivity index (χ1) is 10.7. The fraction of sp³-hybridized carbons (Fsp3) is 0.0556. The Morgan fingerprint density at radius 3 is 2.32 bits per heavy atom. The fourth-order valence-corrected chi connectivity index (χ4v) is 3.64. The first-order valence-corrected chi connectivity index (χ1v) is 8.16. The van der Waals surface area contributed by atoms with Gasteiger partial charge in [-0.2, -0.15) is 0 Å². The van der Waals surface area contributed by atoms with Crippen LogP contribution in [0.15, 0.2) is 71.6 Å². The summed E-state index contributed by atoms with van der Waals surface area (Å²) in [6, 6.07) is 20.1.